The van der Waals surface area contributed by atoms with Crippen molar-refractivity contribution in [3.05, 3.63) is 29.8 Å². The molecule has 1 fully saturated rings. The Morgan fingerprint density at radius 1 is 1.33 bits per heavy atom. The maximum atomic E-state index is 3.39. The van der Waals surface area contributed by atoms with Gasteiger partial charge in [-0.2, -0.15) is 0 Å². The molecule has 1 aromatic rings. The highest BCUT2D eigenvalue weighted by Crippen LogP contribution is 2.37. The lowest BCUT2D eigenvalue weighted by Gasteiger charge is -2.39. The van der Waals surface area contributed by atoms with Gasteiger partial charge in [-0.05, 0) is 31.0 Å². The fourth-order valence-electron chi connectivity index (χ4n) is 2.86. The van der Waals surface area contributed by atoms with E-state index in [1.807, 2.05) is 0 Å². The second-order valence-corrected chi connectivity index (χ2v) is 6.70. The zero-order chi connectivity index (χ0) is 12.4. The van der Waals surface area contributed by atoms with E-state index in [1.165, 1.54) is 43.9 Å². The predicted molar refractivity (Wildman–Crippen MR) is 78.3 cm³/mol. The Kier molecular flexibility index (Phi) is 3.92. The first-order valence-corrected chi connectivity index (χ1v) is 7.94. The Bertz CT molecular complexity index is 378. The number of rotatable bonds is 5. The summed E-state index contributed by atoms with van der Waals surface area (Å²) in [7, 11) is 0. The zero-order valence-electron chi connectivity index (χ0n) is 11.1. The van der Waals surface area contributed by atoms with Crippen LogP contribution in [0.3, 0.4) is 0 Å². The molecule has 2 aliphatic heterocycles. The fourth-order valence-corrected chi connectivity index (χ4v) is 4.21. The van der Waals surface area contributed by atoms with E-state index in [1.54, 1.807) is 5.56 Å². The molecule has 1 atom stereocenters. The second-order valence-electron chi connectivity index (χ2n) is 5.36. The Morgan fingerprint density at radius 3 is 2.83 bits per heavy atom. The lowest BCUT2D eigenvalue weighted by atomic mass is 10.1. The number of nitrogens with one attached hydrogen (secondary N) is 1. The van der Waals surface area contributed by atoms with Gasteiger partial charge in [0.05, 0.1) is 0 Å². The molecule has 0 aromatic heterocycles. The largest absolute Gasteiger partial charge is 0.314 e. The van der Waals surface area contributed by atoms with Gasteiger partial charge in [-0.15, -0.1) is 11.8 Å². The van der Waals surface area contributed by atoms with Crippen LogP contribution in [0.5, 0.6) is 0 Å². The Morgan fingerprint density at radius 2 is 2.17 bits per heavy atom. The van der Waals surface area contributed by atoms with Crippen molar-refractivity contribution in [1.29, 1.82) is 0 Å². The summed E-state index contributed by atoms with van der Waals surface area (Å²) < 4.78 is 0. The lowest BCUT2D eigenvalue weighted by molar-refractivity contribution is 0.146. The minimum absolute atomic E-state index is 0.759. The minimum Gasteiger partial charge on any atom is -0.314 e. The van der Waals surface area contributed by atoms with Crippen LogP contribution in [-0.2, 0) is 6.42 Å². The normalized spacial score (nSPS) is 23.1. The number of hydrogen-bond donors (Lipinski definition) is 1. The van der Waals surface area contributed by atoms with Crippen LogP contribution in [0.4, 0.5) is 0 Å². The zero-order valence-corrected chi connectivity index (χ0v) is 11.9. The number of thioether (sulfide) groups is 1. The molecule has 1 unspecified atom stereocenters. The van der Waals surface area contributed by atoms with Crippen molar-refractivity contribution in [2.24, 2.45) is 0 Å². The third kappa shape index (κ3) is 2.58. The summed E-state index contributed by atoms with van der Waals surface area (Å²) in [5.74, 6) is 0. The molecular weight excluding hydrogens is 240 g/mol. The van der Waals surface area contributed by atoms with Gasteiger partial charge < -0.3 is 5.32 Å². The first-order valence-electron chi connectivity index (χ1n) is 7.06. The van der Waals surface area contributed by atoms with Gasteiger partial charge in [-0.3, -0.25) is 4.90 Å². The second kappa shape index (κ2) is 5.64. The van der Waals surface area contributed by atoms with Crippen LogP contribution in [0.2, 0.25) is 0 Å². The van der Waals surface area contributed by atoms with Gasteiger partial charge in [-0.1, -0.05) is 25.1 Å². The lowest BCUT2D eigenvalue weighted by Crippen LogP contribution is -2.58. The molecule has 2 heterocycles. The van der Waals surface area contributed by atoms with Gasteiger partial charge in [0.2, 0.25) is 0 Å². The molecular formula is C15H22N2S. The molecule has 1 aromatic carbocycles. The average Bonchev–Trinajstić information content (AvgIpc) is 2.69. The van der Waals surface area contributed by atoms with Crippen molar-refractivity contribution in [3.63, 3.8) is 0 Å². The summed E-state index contributed by atoms with van der Waals surface area (Å²) in [6, 6.07) is 9.68. The Hall–Kier alpha value is -0.510. The van der Waals surface area contributed by atoms with Crippen molar-refractivity contribution in [1.82, 2.24) is 10.2 Å². The van der Waals surface area contributed by atoms with Gasteiger partial charge in [0, 0.05) is 35.8 Å². The molecule has 0 spiro atoms. The van der Waals surface area contributed by atoms with E-state index in [4.69, 9.17) is 0 Å². The van der Waals surface area contributed by atoms with E-state index in [0.29, 0.717) is 0 Å². The van der Waals surface area contributed by atoms with Gasteiger partial charge in [0.15, 0.2) is 0 Å². The maximum absolute atomic E-state index is 3.39. The summed E-state index contributed by atoms with van der Waals surface area (Å²) in [6.07, 6.45) is 2.52. The minimum atomic E-state index is 0.759. The van der Waals surface area contributed by atoms with Crippen LogP contribution in [-0.4, -0.2) is 42.4 Å². The van der Waals surface area contributed by atoms with Crippen LogP contribution in [0, 0.1) is 0 Å². The van der Waals surface area contributed by atoms with Gasteiger partial charge >= 0.3 is 0 Å². The van der Waals surface area contributed by atoms with Crippen molar-refractivity contribution < 1.29 is 0 Å². The molecule has 0 bridgehead atoms. The first-order chi connectivity index (χ1) is 8.86. The van der Waals surface area contributed by atoms with E-state index in [9.17, 15) is 0 Å². The standard InChI is InChI=1S/C15H22N2S/c1-2-7-17(13-9-16-10-13)11-14-8-12-5-3-4-6-15(12)18-14/h3-6,13-14,16H,2,7-11H2,1H3. The van der Waals surface area contributed by atoms with Gasteiger partial charge in [0.1, 0.15) is 0 Å². The summed E-state index contributed by atoms with van der Waals surface area (Å²) >= 11 is 2.08. The number of hydrogen-bond acceptors (Lipinski definition) is 3. The van der Waals surface area contributed by atoms with E-state index in [2.05, 4.69) is 53.2 Å². The highest BCUT2D eigenvalue weighted by molar-refractivity contribution is 8.00. The predicted octanol–water partition coefficient (Wildman–Crippen LogP) is 2.39. The molecule has 1 N–H and O–H groups in total. The van der Waals surface area contributed by atoms with Gasteiger partial charge in [-0.25, -0.2) is 0 Å². The summed E-state index contributed by atoms with van der Waals surface area (Å²) in [4.78, 5) is 4.20. The molecule has 3 heteroatoms. The highest BCUT2D eigenvalue weighted by Gasteiger charge is 2.29. The number of benzene rings is 1. The third-order valence-electron chi connectivity index (χ3n) is 3.94. The van der Waals surface area contributed by atoms with E-state index >= 15 is 0 Å². The molecule has 0 saturated carbocycles. The monoisotopic (exact) mass is 262 g/mol. The Labute approximate surface area is 114 Å². The topological polar surface area (TPSA) is 15.3 Å². The quantitative estimate of drug-likeness (QED) is 0.877. The number of fused-ring (bicyclic) bond motifs is 1. The summed E-state index contributed by atoms with van der Waals surface area (Å²) in [5.41, 5.74) is 1.55. The van der Waals surface area contributed by atoms with Crippen molar-refractivity contribution in [3.8, 4) is 0 Å². The SMILES string of the molecule is CCCN(CC1Cc2ccccc2S1)C1CNC1. The van der Waals surface area contributed by atoms with Crippen molar-refractivity contribution in [2.45, 2.75) is 36.0 Å². The van der Waals surface area contributed by atoms with Crippen LogP contribution in [0.1, 0.15) is 18.9 Å². The molecule has 2 nitrogen and oxygen atoms in total. The van der Waals surface area contributed by atoms with Crippen LogP contribution >= 0.6 is 11.8 Å². The Balaban J connectivity index is 1.60. The van der Waals surface area contributed by atoms with E-state index in [0.717, 1.165) is 11.3 Å². The average molecular weight is 262 g/mol. The van der Waals surface area contributed by atoms with Crippen LogP contribution in [0.25, 0.3) is 0 Å². The van der Waals surface area contributed by atoms with E-state index in [-0.39, 0.29) is 0 Å². The molecule has 2 aliphatic rings. The summed E-state index contributed by atoms with van der Waals surface area (Å²) in [5, 5.41) is 4.15. The molecule has 3 rings (SSSR count). The first kappa shape index (κ1) is 12.5. The van der Waals surface area contributed by atoms with Gasteiger partial charge in [0.25, 0.3) is 0 Å². The highest BCUT2D eigenvalue weighted by atomic mass is 32.2. The maximum Gasteiger partial charge on any atom is 0.0345 e. The van der Waals surface area contributed by atoms with Crippen LogP contribution in [0.15, 0.2) is 29.2 Å². The molecule has 0 aliphatic carbocycles. The smallest absolute Gasteiger partial charge is 0.0345 e. The molecule has 18 heavy (non-hydrogen) atoms. The number of nitrogens with zero attached hydrogens (tertiary/aromatic N) is 1. The molecule has 98 valence electrons. The molecule has 0 amide bonds. The molecule has 1 saturated heterocycles. The molecule has 0 radical (unpaired) electrons. The third-order valence-corrected chi connectivity index (χ3v) is 5.24. The van der Waals surface area contributed by atoms with E-state index < -0.39 is 0 Å². The van der Waals surface area contributed by atoms with Crippen LogP contribution < -0.4 is 5.32 Å². The van der Waals surface area contributed by atoms with Crippen molar-refractivity contribution in [2.75, 3.05) is 26.2 Å². The summed E-state index contributed by atoms with van der Waals surface area (Å²) in [6.45, 7) is 7.16. The fraction of sp³-hybridized carbons (Fsp3) is 0.600. The van der Waals surface area contributed by atoms with Crippen molar-refractivity contribution >= 4 is 11.8 Å².